The van der Waals surface area contributed by atoms with Crippen molar-refractivity contribution < 1.29 is 13.9 Å². The molecule has 128 valence electrons. The third-order valence-corrected chi connectivity index (χ3v) is 4.49. The summed E-state index contributed by atoms with van der Waals surface area (Å²) in [4.78, 5) is 14.5. The minimum Gasteiger partial charge on any atom is -0.368 e. The fourth-order valence-electron chi connectivity index (χ4n) is 3.05. The number of aromatic nitrogens is 2. The molecule has 1 saturated heterocycles. The van der Waals surface area contributed by atoms with Crippen LogP contribution in [0.25, 0.3) is 0 Å². The molecular formula is C18H22FN3O2. The molecule has 0 radical (unpaired) electrons. The van der Waals surface area contributed by atoms with Gasteiger partial charge in [-0.1, -0.05) is 0 Å². The second-order valence-electron chi connectivity index (χ2n) is 6.44. The zero-order chi connectivity index (χ0) is 17.2. The Bertz CT molecular complexity index is 713. The SMILES string of the molecule is Cn1cc([C@@]2(C)CN(CCC(=O)c3ccc(F)cc3)CCO2)cn1. The van der Waals surface area contributed by atoms with Crippen LogP contribution in [0.2, 0.25) is 0 Å². The number of ketones is 1. The number of morpholine rings is 1. The van der Waals surface area contributed by atoms with E-state index in [4.69, 9.17) is 4.74 Å². The van der Waals surface area contributed by atoms with E-state index in [0.717, 1.165) is 18.7 Å². The highest BCUT2D eigenvalue weighted by Crippen LogP contribution is 2.29. The lowest BCUT2D eigenvalue weighted by Crippen LogP contribution is -2.48. The molecule has 0 amide bonds. The quantitative estimate of drug-likeness (QED) is 0.789. The first-order valence-electron chi connectivity index (χ1n) is 8.10. The zero-order valence-corrected chi connectivity index (χ0v) is 14.0. The highest BCUT2D eigenvalue weighted by Gasteiger charge is 2.34. The van der Waals surface area contributed by atoms with Crippen molar-refractivity contribution in [2.45, 2.75) is 18.9 Å². The molecule has 0 bridgehead atoms. The fraction of sp³-hybridized carbons (Fsp3) is 0.444. The summed E-state index contributed by atoms with van der Waals surface area (Å²) in [5.74, 6) is -0.295. The van der Waals surface area contributed by atoms with Gasteiger partial charge in [-0.15, -0.1) is 0 Å². The standard InChI is InChI=1S/C18H22FN3O2/c1-18(15-11-20-21(2)12-15)13-22(9-10-24-18)8-7-17(23)14-3-5-16(19)6-4-14/h3-6,11-12H,7-10,13H2,1-2H3/t18-/m1/s1. The third-order valence-electron chi connectivity index (χ3n) is 4.49. The minimum atomic E-state index is -0.411. The van der Waals surface area contributed by atoms with Crippen LogP contribution in [0, 0.1) is 5.82 Å². The summed E-state index contributed by atoms with van der Waals surface area (Å²) in [5.41, 5.74) is 1.19. The first-order valence-corrected chi connectivity index (χ1v) is 8.10. The lowest BCUT2D eigenvalue weighted by molar-refractivity contribution is -0.102. The summed E-state index contributed by atoms with van der Waals surface area (Å²) in [6.45, 7) is 4.85. The van der Waals surface area contributed by atoms with E-state index in [2.05, 4.69) is 16.9 Å². The Labute approximate surface area is 141 Å². The third kappa shape index (κ3) is 3.71. The van der Waals surface area contributed by atoms with Crippen LogP contribution in [0.15, 0.2) is 36.7 Å². The van der Waals surface area contributed by atoms with Crippen molar-refractivity contribution >= 4 is 5.78 Å². The second-order valence-corrected chi connectivity index (χ2v) is 6.44. The average molecular weight is 331 g/mol. The lowest BCUT2D eigenvalue weighted by atomic mass is 9.96. The molecule has 1 aromatic heterocycles. The average Bonchev–Trinajstić information content (AvgIpc) is 3.01. The summed E-state index contributed by atoms with van der Waals surface area (Å²) in [6.07, 6.45) is 4.20. The molecular weight excluding hydrogens is 309 g/mol. The first kappa shape index (κ1) is 16.8. The highest BCUT2D eigenvalue weighted by molar-refractivity contribution is 5.96. The van der Waals surface area contributed by atoms with E-state index < -0.39 is 5.60 Å². The van der Waals surface area contributed by atoms with E-state index in [0.29, 0.717) is 25.1 Å². The van der Waals surface area contributed by atoms with E-state index in [1.165, 1.54) is 24.3 Å². The maximum absolute atomic E-state index is 12.9. The Hall–Kier alpha value is -2.05. The van der Waals surface area contributed by atoms with Crippen molar-refractivity contribution in [3.8, 4) is 0 Å². The molecule has 6 heteroatoms. The van der Waals surface area contributed by atoms with Crippen LogP contribution in [-0.2, 0) is 17.4 Å². The maximum Gasteiger partial charge on any atom is 0.164 e. The highest BCUT2D eigenvalue weighted by atomic mass is 19.1. The number of hydrogen-bond donors (Lipinski definition) is 0. The summed E-state index contributed by atoms with van der Waals surface area (Å²) in [7, 11) is 1.88. The number of ether oxygens (including phenoxy) is 1. The predicted octanol–water partition coefficient (Wildman–Crippen LogP) is 2.38. The number of benzene rings is 1. The van der Waals surface area contributed by atoms with E-state index in [9.17, 15) is 9.18 Å². The molecule has 3 rings (SSSR count). The molecule has 0 unspecified atom stereocenters. The van der Waals surface area contributed by atoms with Crippen molar-refractivity contribution in [1.29, 1.82) is 0 Å². The number of carbonyl (C=O) groups excluding carboxylic acids is 1. The van der Waals surface area contributed by atoms with Gasteiger partial charge in [-0.2, -0.15) is 5.10 Å². The van der Waals surface area contributed by atoms with Crippen LogP contribution < -0.4 is 0 Å². The van der Waals surface area contributed by atoms with Crippen molar-refractivity contribution in [1.82, 2.24) is 14.7 Å². The van der Waals surface area contributed by atoms with Crippen molar-refractivity contribution in [2.75, 3.05) is 26.2 Å². The van der Waals surface area contributed by atoms with Gasteiger partial charge in [-0.25, -0.2) is 4.39 Å². The van der Waals surface area contributed by atoms with Gasteiger partial charge in [0.2, 0.25) is 0 Å². The number of aryl methyl sites for hydroxylation is 1. The van der Waals surface area contributed by atoms with Gasteiger partial charge in [0.05, 0.1) is 12.8 Å². The number of rotatable bonds is 5. The zero-order valence-electron chi connectivity index (χ0n) is 14.0. The Kier molecular flexibility index (Phi) is 4.78. The molecule has 5 nitrogen and oxygen atoms in total. The predicted molar refractivity (Wildman–Crippen MR) is 88.3 cm³/mol. The van der Waals surface area contributed by atoms with E-state index >= 15 is 0 Å². The minimum absolute atomic E-state index is 0.0320. The van der Waals surface area contributed by atoms with Gasteiger partial charge in [0.1, 0.15) is 11.4 Å². The molecule has 2 aromatic rings. The molecule has 0 N–H and O–H groups in total. The molecule has 1 aliphatic heterocycles. The molecule has 1 aromatic carbocycles. The largest absolute Gasteiger partial charge is 0.368 e. The maximum atomic E-state index is 12.9. The van der Waals surface area contributed by atoms with Crippen molar-refractivity contribution in [2.24, 2.45) is 7.05 Å². The van der Waals surface area contributed by atoms with Gasteiger partial charge >= 0.3 is 0 Å². The van der Waals surface area contributed by atoms with E-state index in [1.54, 1.807) is 4.68 Å². The number of carbonyl (C=O) groups is 1. The van der Waals surface area contributed by atoms with Gasteiger partial charge in [-0.3, -0.25) is 14.4 Å². The molecule has 24 heavy (non-hydrogen) atoms. The number of hydrogen-bond acceptors (Lipinski definition) is 4. The van der Waals surface area contributed by atoms with E-state index in [1.807, 2.05) is 19.4 Å². The number of halogens is 1. The Balaban J connectivity index is 1.59. The normalized spacial score (nSPS) is 21.8. The summed E-state index contributed by atoms with van der Waals surface area (Å²) < 4.78 is 20.7. The topological polar surface area (TPSA) is 47.4 Å². The van der Waals surface area contributed by atoms with Crippen LogP contribution in [0.4, 0.5) is 4.39 Å². The number of Topliss-reactive ketones (excluding diaryl/α,β-unsaturated/α-hetero) is 1. The first-order chi connectivity index (χ1) is 11.5. The van der Waals surface area contributed by atoms with Crippen molar-refractivity contribution in [3.05, 3.63) is 53.6 Å². The van der Waals surface area contributed by atoms with Crippen LogP contribution in [-0.4, -0.2) is 46.7 Å². The Morgan fingerprint density at radius 3 is 2.79 bits per heavy atom. The van der Waals surface area contributed by atoms with Gasteiger partial charge in [0.15, 0.2) is 5.78 Å². The van der Waals surface area contributed by atoms with Gasteiger partial charge in [0.25, 0.3) is 0 Å². The molecule has 0 saturated carbocycles. The molecule has 0 spiro atoms. The molecule has 2 heterocycles. The molecule has 1 fully saturated rings. The van der Waals surface area contributed by atoms with Gasteiger partial charge in [-0.05, 0) is 31.2 Å². The fourth-order valence-corrected chi connectivity index (χ4v) is 3.05. The summed E-state index contributed by atoms with van der Waals surface area (Å²) in [5, 5.41) is 4.22. The molecule has 0 aliphatic carbocycles. The lowest BCUT2D eigenvalue weighted by Gasteiger charge is -2.40. The van der Waals surface area contributed by atoms with Crippen LogP contribution in [0.3, 0.4) is 0 Å². The molecule has 1 atom stereocenters. The van der Waals surface area contributed by atoms with E-state index in [-0.39, 0.29) is 11.6 Å². The Morgan fingerprint density at radius 2 is 2.12 bits per heavy atom. The monoisotopic (exact) mass is 331 g/mol. The second kappa shape index (κ2) is 6.83. The molecule has 1 aliphatic rings. The van der Waals surface area contributed by atoms with Crippen LogP contribution in [0.1, 0.15) is 29.3 Å². The summed E-state index contributed by atoms with van der Waals surface area (Å²) >= 11 is 0. The van der Waals surface area contributed by atoms with Crippen LogP contribution >= 0.6 is 0 Å². The summed E-state index contributed by atoms with van der Waals surface area (Å²) in [6, 6.07) is 5.72. The van der Waals surface area contributed by atoms with Gasteiger partial charge in [0, 0.05) is 50.4 Å². The van der Waals surface area contributed by atoms with Crippen molar-refractivity contribution in [3.63, 3.8) is 0 Å². The number of nitrogens with zero attached hydrogens (tertiary/aromatic N) is 3. The van der Waals surface area contributed by atoms with Gasteiger partial charge < -0.3 is 4.74 Å². The van der Waals surface area contributed by atoms with Crippen LogP contribution in [0.5, 0.6) is 0 Å². The Morgan fingerprint density at radius 1 is 1.38 bits per heavy atom. The smallest absolute Gasteiger partial charge is 0.164 e.